The minimum absolute atomic E-state index is 0.146. The highest BCUT2D eigenvalue weighted by Gasteiger charge is 2.54. The van der Waals surface area contributed by atoms with Gasteiger partial charge in [-0.25, -0.2) is 0 Å². The average molecular weight is 394 g/mol. The van der Waals surface area contributed by atoms with Gasteiger partial charge in [0, 0.05) is 6.92 Å². The van der Waals surface area contributed by atoms with Gasteiger partial charge in [-0.15, -0.1) is 0 Å². The average Bonchev–Trinajstić information content (AvgIpc) is 2.68. The highest BCUT2D eigenvalue weighted by molar-refractivity contribution is 6.48. The zero-order chi connectivity index (χ0) is 22.1. The van der Waals surface area contributed by atoms with E-state index in [1.807, 2.05) is 34.6 Å². The van der Waals surface area contributed by atoms with E-state index in [9.17, 15) is 9.59 Å². The maximum absolute atomic E-state index is 12.4. The number of allylic oxidation sites excluding steroid dienone is 1. The lowest BCUT2D eigenvalue weighted by Gasteiger charge is -2.32. The van der Waals surface area contributed by atoms with Crippen molar-refractivity contribution in [1.29, 1.82) is 0 Å². The predicted octanol–water partition coefficient (Wildman–Crippen LogP) is 3.17. The molecule has 1 rings (SSSR count). The van der Waals surface area contributed by atoms with Crippen molar-refractivity contribution in [1.82, 2.24) is 5.01 Å². The van der Waals surface area contributed by atoms with Gasteiger partial charge in [0.1, 0.15) is 17.9 Å². The van der Waals surface area contributed by atoms with Crippen molar-refractivity contribution < 1.29 is 23.6 Å². The molecule has 0 N–H and O–H groups in total. The number of nitrogens with zero attached hydrogens (tertiary/aromatic N) is 2. The molecule has 1 heterocycles. The topological polar surface area (TPSA) is 77.4 Å². The number of ether oxygens (including phenoxy) is 1. The number of rotatable bonds is 7. The van der Waals surface area contributed by atoms with E-state index in [1.54, 1.807) is 27.7 Å². The molecule has 158 valence electrons. The number of carbonyl (C=O) groups is 2. The van der Waals surface area contributed by atoms with Crippen LogP contribution in [0.1, 0.15) is 69.2 Å². The van der Waals surface area contributed by atoms with Gasteiger partial charge in [0.15, 0.2) is 5.78 Å². The third kappa shape index (κ3) is 6.17. The quantitative estimate of drug-likeness (QED) is 0.286. The molecule has 1 saturated heterocycles. The van der Waals surface area contributed by atoms with Crippen LogP contribution >= 0.6 is 0 Å². The lowest BCUT2D eigenvalue weighted by atomic mass is 9.79. The summed E-state index contributed by atoms with van der Waals surface area (Å²) in [5.74, 6) is -1.13. The van der Waals surface area contributed by atoms with Gasteiger partial charge >= 0.3 is 13.1 Å². The second kappa shape index (κ2) is 8.37. The Morgan fingerprint density at radius 1 is 1.14 bits per heavy atom. The molecule has 1 aliphatic heterocycles. The number of hydrazone groups is 1. The summed E-state index contributed by atoms with van der Waals surface area (Å²) in [6, 6.07) is 0. The molecule has 1 atom stereocenters. The van der Waals surface area contributed by atoms with Crippen molar-refractivity contribution in [2.45, 2.75) is 92.0 Å². The van der Waals surface area contributed by atoms with Gasteiger partial charge in [0.25, 0.3) is 0 Å². The smallest absolute Gasteiger partial charge is 0.459 e. The number of carbonyl (C=O) groups excluding carboxylic acids is 2. The fourth-order valence-corrected chi connectivity index (χ4v) is 2.59. The number of esters is 1. The first-order chi connectivity index (χ1) is 12.5. The highest BCUT2D eigenvalue weighted by atomic mass is 16.7. The molecule has 0 aliphatic carbocycles. The van der Waals surface area contributed by atoms with Crippen LogP contribution in [0.2, 0.25) is 0 Å². The largest absolute Gasteiger partial charge is 0.483 e. The maximum Gasteiger partial charge on any atom is 0.483 e. The highest BCUT2D eigenvalue weighted by Crippen LogP contribution is 2.38. The zero-order valence-corrected chi connectivity index (χ0v) is 19.0. The van der Waals surface area contributed by atoms with E-state index in [4.69, 9.17) is 14.0 Å². The lowest BCUT2D eigenvalue weighted by molar-refractivity contribution is -0.156. The van der Waals surface area contributed by atoms with Gasteiger partial charge in [0.2, 0.25) is 0 Å². The summed E-state index contributed by atoms with van der Waals surface area (Å²) in [4.78, 5) is 24.4. The SMILES string of the molecule is C=C(C)/C(=N\N(CC(=O)OC(C)(C)C)C(C)B1OC(C)(C)C(C)(C)O1)C(C)=O. The van der Waals surface area contributed by atoms with Gasteiger partial charge in [-0.2, -0.15) is 5.10 Å². The van der Waals surface area contributed by atoms with E-state index in [1.165, 1.54) is 11.9 Å². The summed E-state index contributed by atoms with van der Waals surface area (Å²) in [6.45, 7) is 21.8. The van der Waals surface area contributed by atoms with E-state index < -0.39 is 35.8 Å². The molecule has 0 saturated carbocycles. The third-order valence-corrected chi connectivity index (χ3v) is 4.81. The van der Waals surface area contributed by atoms with Gasteiger partial charge in [-0.3, -0.25) is 14.6 Å². The molecule has 28 heavy (non-hydrogen) atoms. The third-order valence-electron chi connectivity index (χ3n) is 4.81. The molecule has 1 unspecified atom stereocenters. The van der Waals surface area contributed by atoms with E-state index in [2.05, 4.69) is 11.7 Å². The van der Waals surface area contributed by atoms with E-state index in [0.29, 0.717) is 5.57 Å². The van der Waals surface area contributed by atoms with Gasteiger partial charge in [0.05, 0.1) is 17.1 Å². The fourth-order valence-electron chi connectivity index (χ4n) is 2.59. The predicted molar refractivity (Wildman–Crippen MR) is 111 cm³/mol. The standard InChI is InChI=1S/C20H35BN2O5/c1-13(2)17(14(3)24)22-23(12-16(25)26-18(5,6)7)15(4)21-27-19(8,9)20(10,11)28-21/h15H,1,12H2,2-11H3/b22-17+. The van der Waals surface area contributed by atoms with Crippen LogP contribution in [0.4, 0.5) is 0 Å². The molecule has 0 aromatic rings. The number of Topliss-reactive ketones (excluding diaryl/α,β-unsaturated/α-hetero) is 1. The van der Waals surface area contributed by atoms with Crippen LogP contribution in [0.15, 0.2) is 17.3 Å². The van der Waals surface area contributed by atoms with Crippen molar-refractivity contribution in [2.75, 3.05) is 6.54 Å². The lowest BCUT2D eigenvalue weighted by Crippen LogP contribution is -2.47. The zero-order valence-electron chi connectivity index (χ0n) is 19.0. The summed E-state index contributed by atoms with van der Waals surface area (Å²) in [5.41, 5.74) is -0.955. The van der Waals surface area contributed by atoms with E-state index >= 15 is 0 Å². The number of hydrogen-bond acceptors (Lipinski definition) is 7. The summed E-state index contributed by atoms with van der Waals surface area (Å²) in [5, 5.41) is 5.91. The first-order valence-electron chi connectivity index (χ1n) is 9.56. The van der Waals surface area contributed by atoms with Crippen LogP contribution < -0.4 is 0 Å². The molecule has 0 aromatic carbocycles. The van der Waals surface area contributed by atoms with Gasteiger partial charge < -0.3 is 14.0 Å². The Hall–Kier alpha value is -1.67. The van der Waals surface area contributed by atoms with Crippen LogP contribution in [0.25, 0.3) is 0 Å². The Morgan fingerprint density at radius 2 is 1.61 bits per heavy atom. The molecule has 0 spiro atoms. The van der Waals surface area contributed by atoms with Gasteiger partial charge in [-0.1, -0.05) is 6.58 Å². The minimum atomic E-state index is -0.630. The molecule has 0 aromatic heterocycles. The summed E-state index contributed by atoms with van der Waals surface area (Å²) >= 11 is 0. The summed E-state index contributed by atoms with van der Waals surface area (Å²) < 4.78 is 17.6. The molecule has 1 fully saturated rings. The Morgan fingerprint density at radius 3 is 1.96 bits per heavy atom. The van der Waals surface area contributed by atoms with Crippen LogP contribution in [0, 0.1) is 0 Å². The monoisotopic (exact) mass is 394 g/mol. The van der Waals surface area contributed by atoms with Crippen LogP contribution in [-0.2, 0) is 23.6 Å². The Balaban J connectivity index is 3.19. The van der Waals surface area contributed by atoms with Gasteiger partial charge in [-0.05, 0) is 67.9 Å². The minimum Gasteiger partial charge on any atom is -0.459 e. The van der Waals surface area contributed by atoms with E-state index in [0.717, 1.165) is 0 Å². The van der Waals surface area contributed by atoms with Crippen molar-refractivity contribution >= 4 is 24.6 Å². The van der Waals surface area contributed by atoms with Crippen LogP contribution in [-0.4, -0.2) is 58.9 Å². The first kappa shape index (κ1) is 24.4. The molecule has 0 bridgehead atoms. The Bertz CT molecular complexity index is 632. The fraction of sp³-hybridized carbons (Fsp3) is 0.750. The molecule has 0 radical (unpaired) electrons. The second-order valence-corrected chi connectivity index (χ2v) is 9.33. The number of hydrogen-bond donors (Lipinski definition) is 0. The molecule has 1 aliphatic rings. The Labute approximate surface area is 169 Å². The van der Waals surface area contributed by atoms with Crippen molar-refractivity contribution in [2.24, 2.45) is 5.10 Å². The molecule has 8 heteroatoms. The van der Waals surface area contributed by atoms with Crippen molar-refractivity contribution in [3.8, 4) is 0 Å². The van der Waals surface area contributed by atoms with Crippen LogP contribution in [0.3, 0.4) is 0 Å². The number of ketones is 1. The van der Waals surface area contributed by atoms with Crippen molar-refractivity contribution in [3.05, 3.63) is 12.2 Å². The first-order valence-corrected chi connectivity index (χ1v) is 9.56. The second-order valence-electron chi connectivity index (χ2n) is 9.33. The summed E-state index contributed by atoms with van der Waals surface area (Å²) in [7, 11) is -0.630. The van der Waals surface area contributed by atoms with Crippen LogP contribution in [0.5, 0.6) is 0 Å². The maximum atomic E-state index is 12.4. The molecule has 7 nitrogen and oxygen atoms in total. The normalized spacial score (nSPS) is 19.9. The molecular weight excluding hydrogens is 359 g/mol. The molecular formula is C20H35BN2O5. The summed E-state index contributed by atoms with van der Waals surface area (Å²) in [6.07, 6.45) is 0. The van der Waals surface area contributed by atoms with Crippen molar-refractivity contribution in [3.63, 3.8) is 0 Å². The Kier molecular flexibility index (Phi) is 7.29. The van der Waals surface area contributed by atoms with E-state index in [-0.39, 0.29) is 18.0 Å². The molecule has 0 amide bonds.